The number of non-ortho nitro benzene ring substituents is 1. The maximum atomic E-state index is 12.5. The molecule has 0 aliphatic carbocycles. The van der Waals surface area contributed by atoms with Gasteiger partial charge < -0.3 is 18.9 Å². The number of ether oxygens (including phenoxy) is 4. The molecule has 0 aliphatic heterocycles. The van der Waals surface area contributed by atoms with Gasteiger partial charge in [0.25, 0.3) is 11.6 Å². The monoisotopic (exact) mass is 493 g/mol. The largest absolute Gasteiger partial charge is 0.493 e. The van der Waals surface area contributed by atoms with E-state index in [2.05, 4.69) is 10.5 Å². The first kappa shape index (κ1) is 26.0. The number of methoxy groups -OCH3 is 1. The van der Waals surface area contributed by atoms with Crippen molar-refractivity contribution in [2.24, 2.45) is 5.10 Å². The van der Waals surface area contributed by atoms with Crippen LogP contribution in [0.5, 0.6) is 23.0 Å². The quantitative estimate of drug-likeness (QED) is 0.220. The van der Waals surface area contributed by atoms with Crippen molar-refractivity contribution >= 4 is 17.8 Å². The van der Waals surface area contributed by atoms with Gasteiger partial charge in [-0.3, -0.25) is 14.9 Å². The van der Waals surface area contributed by atoms with E-state index in [0.717, 1.165) is 5.56 Å². The third-order valence-electron chi connectivity index (χ3n) is 4.91. The average molecular weight is 494 g/mol. The number of amides is 1. The van der Waals surface area contributed by atoms with Gasteiger partial charge in [-0.05, 0) is 73.5 Å². The van der Waals surface area contributed by atoms with E-state index in [1.165, 1.54) is 25.5 Å². The van der Waals surface area contributed by atoms with E-state index in [0.29, 0.717) is 47.3 Å². The molecule has 0 unspecified atom stereocenters. The van der Waals surface area contributed by atoms with Crippen molar-refractivity contribution in [3.63, 3.8) is 0 Å². The van der Waals surface area contributed by atoms with E-state index < -0.39 is 10.8 Å². The van der Waals surface area contributed by atoms with Crippen molar-refractivity contribution in [1.82, 2.24) is 5.43 Å². The minimum absolute atomic E-state index is 0.0196. The predicted molar refractivity (Wildman–Crippen MR) is 134 cm³/mol. The highest BCUT2D eigenvalue weighted by Gasteiger charge is 2.11. The summed E-state index contributed by atoms with van der Waals surface area (Å²) in [6.07, 6.45) is 1.49. The number of nitrogens with zero attached hydrogens (tertiary/aromatic N) is 2. The van der Waals surface area contributed by atoms with E-state index in [9.17, 15) is 14.9 Å². The molecular formula is C26H27N3O7. The van der Waals surface area contributed by atoms with Crippen molar-refractivity contribution in [3.8, 4) is 23.0 Å². The molecule has 0 spiro atoms. The van der Waals surface area contributed by atoms with Crippen molar-refractivity contribution in [2.45, 2.75) is 20.5 Å². The van der Waals surface area contributed by atoms with Gasteiger partial charge in [-0.25, -0.2) is 5.43 Å². The number of nitro groups is 1. The van der Waals surface area contributed by atoms with Crippen molar-refractivity contribution in [2.75, 3.05) is 20.3 Å². The number of carbonyl (C=O) groups excluding carboxylic acids is 1. The molecule has 0 heterocycles. The normalized spacial score (nSPS) is 10.6. The van der Waals surface area contributed by atoms with E-state index in [-0.39, 0.29) is 12.3 Å². The summed E-state index contributed by atoms with van der Waals surface area (Å²) in [6, 6.07) is 16.3. The molecule has 0 aromatic heterocycles. The number of hydrazone groups is 1. The standard InChI is InChI=1S/C26H27N3O7/c1-4-34-24-14-19(8-12-23(24)36-17-18-6-10-21(11-7-18)29(31)32)16-27-28-26(30)20-9-13-22(33-3)25(15-20)35-5-2/h6-16H,4-5,17H2,1-3H3,(H,28,30)/b27-16+. The number of rotatable bonds is 12. The maximum Gasteiger partial charge on any atom is 0.271 e. The summed E-state index contributed by atoms with van der Waals surface area (Å²) in [5.74, 6) is 1.63. The number of hydrogen-bond donors (Lipinski definition) is 1. The minimum Gasteiger partial charge on any atom is -0.493 e. The second-order valence-electron chi connectivity index (χ2n) is 7.35. The lowest BCUT2D eigenvalue weighted by molar-refractivity contribution is -0.384. The molecule has 0 bridgehead atoms. The van der Waals surface area contributed by atoms with Crippen molar-refractivity contribution in [1.29, 1.82) is 0 Å². The summed E-state index contributed by atoms with van der Waals surface area (Å²) in [7, 11) is 1.53. The molecule has 10 nitrogen and oxygen atoms in total. The molecule has 0 saturated carbocycles. The molecule has 0 aliphatic rings. The molecule has 1 N–H and O–H groups in total. The SMILES string of the molecule is CCOc1cc(C(=O)N/N=C/c2ccc(OCc3ccc([N+](=O)[O-])cc3)c(OCC)c2)ccc1OC. The Balaban J connectivity index is 1.65. The van der Waals surface area contributed by atoms with Crippen LogP contribution in [0.1, 0.15) is 35.3 Å². The molecule has 0 radical (unpaired) electrons. The Kier molecular flexibility index (Phi) is 9.21. The van der Waals surface area contributed by atoms with Crippen LogP contribution in [0.3, 0.4) is 0 Å². The minimum atomic E-state index is -0.449. The first-order chi connectivity index (χ1) is 17.4. The fourth-order valence-electron chi connectivity index (χ4n) is 3.18. The molecule has 0 fully saturated rings. The molecule has 0 saturated heterocycles. The number of benzene rings is 3. The summed E-state index contributed by atoms with van der Waals surface area (Å²) >= 11 is 0. The predicted octanol–water partition coefficient (Wildman–Crippen LogP) is 4.74. The van der Waals surface area contributed by atoms with Crippen LogP contribution in [0.4, 0.5) is 5.69 Å². The first-order valence-electron chi connectivity index (χ1n) is 11.2. The third kappa shape index (κ3) is 6.95. The van der Waals surface area contributed by atoms with Gasteiger partial charge in [0, 0.05) is 17.7 Å². The Bertz CT molecular complexity index is 1230. The molecule has 10 heteroatoms. The Morgan fingerprint density at radius 1 is 0.917 bits per heavy atom. The highest BCUT2D eigenvalue weighted by Crippen LogP contribution is 2.30. The fraction of sp³-hybridized carbons (Fsp3) is 0.231. The molecule has 188 valence electrons. The number of hydrogen-bond acceptors (Lipinski definition) is 8. The third-order valence-corrected chi connectivity index (χ3v) is 4.91. The topological polar surface area (TPSA) is 122 Å². The van der Waals surface area contributed by atoms with Gasteiger partial charge >= 0.3 is 0 Å². The van der Waals surface area contributed by atoms with Crippen LogP contribution >= 0.6 is 0 Å². The summed E-state index contributed by atoms with van der Waals surface area (Å²) in [6.45, 7) is 4.78. The fourth-order valence-corrected chi connectivity index (χ4v) is 3.18. The Morgan fingerprint density at radius 2 is 1.58 bits per heavy atom. The van der Waals surface area contributed by atoms with Gasteiger partial charge in [0.15, 0.2) is 23.0 Å². The van der Waals surface area contributed by atoms with Gasteiger partial charge in [0.2, 0.25) is 0 Å². The van der Waals surface area contributed by atoms with Gasteiger partial charge in [-0.1, -0.05) is 0 Å². The summed E-state index contributed by atoms with van der Waals surface area (Å²) in [5, 5.41) is 14.8. The Morgan fingerprint density at radius 3 is 2.22 bits per heavy atom. The zero-order chi connectivity index (χ0) is 25.9. The van der Waals surface area contributed by atoms with Crippen LogP contribution in [-0.4, -0.2) is 37.4 Å². The van der Waals surface area contributed by atoms with Gasteiger partial charge in [0.05, 0.1) is 31.5 Å². The van der Waals surface area contributed by atoms with Crippen LogP contribution < -0.4 is 24.4 Å². The average Bonchev–Trinajstić information content (AvgIpc) is 2.88. The van der Waals surface area contributed by atoms with Gasteiger partial charge in [-0.2, -0.15) is 5.10 Å². The molecule has 3 aromatic rings. The number of nitrogens with one attached hydrogen (secondary N) is 1. The Labute approximate surface area is 208 Å². The van der Waals surface area contributed by atoms with E-state index in [1.54, 1.807) is 48.5 Å². The zero-order valence-electron chi connectivity index (χ0n) is 20.2. The number of nitro benzene ring substituents is 1. The highest BCUT2D eigenvalue weighted by atomic mass is 16.6. The smallest absolute Gasteiger partial charge is 0.271 e. The first-order valence-corrected chi connectivity index (χ1v) is 11.2. The second kappa shape index (κ2) is 12.7. The molecule has 3 rings (SSSR count). The summed E-state index contributed by atoms with van der Waals surface area (Å²) in [4.78, 5) is 22.8. The Hall–Kier alpha value is -4.60. The molecule has 1 amide bonds. The summed E-state index contributed by atoms with van der Waals surface area (Å²) in [5.41, 5.74) is 4.36. The molecule has 36 heavy (non-hydrogen) atoms. The second-order valence-corrected chi connectivity index (χ2v) is 7.35. The molecule has 0 atom stereocenters. The van der Waals surface area contributed by atoms with Crippen molar-refractivity contribution < 1.29 is 28.7 Å². The molecule has 3 aromatic carbocycles. The molecular weight excluding hydrogens is 466 g/mol. The van der Waals surface area contributed by atoms with Crippen LogP contribution in [-0.2, 0) is 6.61 Å². The van der Waals surface area contributed by atoms with Gasteiger partial charge in [0.1, 0.15) is 6.61 Å². The van der Waals surface area contributed by atoms with Crippen LogP contribution in [0.15, 0.2) is 65.8 Å². The lowest BCUT2D eigenvalue weighted by Gasteiger charge is -2.12. The van der Waals surface area contributed by atoms with Crippen molar-refractivity contribution in [3.05, 3.63) is 87.5 Å². The van der Waals surface area contributed by atoms with E-state index in [1.807, 2.05) is 13.8 Å². The summed E-state index contributed by atoms with van der Waals surface area (Å²) < 4.78 is 22.3. The van der Waals surface area contributed by atoms with Crippen LogP contribution in [0.25, 0.3) is 0 Å². The van der Waals surface area contributed by atoms with Crippen LogP contribution in [0, 0.1) is 10.1 Å². The van der Waals surface area contributed by atoms with E-state index >= 15 is 0 Å². The lowest BCUT2D eigenvalue weighted by Crippen LogP contribution is -2.17. The lowest BCUT2D eigenvalue weighted by atomic mass is 10.2. The maximum absolute atomic E-state index is 12.5. The van der Waals surface area contributed by atoms with Crippen LogP contribution in [0.2, 0.25) is 0 Å². The highest BCUT2D eigenvalue weighted by molar-refractivity contribution is 5.95. The van der Waals surface area contributed by atoms with Gasteiger partial charge in [-0.15, -0.1) is 0 Å². The van der Waals surface area contributed by atoms with E-state index in [4.69, 9.17) is 18.9 Å². The number of carbonyl (C=O) groups is 1. The zero-order valence-corrected chi connectivity index (χ0v) is 20.2.